The molecule has 2 aromatic carbocycles. The number of piperazine rings is 1. The van der Waals surface area contributed by atoms with E-state index in [2.05, 4.69) is 42.3 Å². The fourth-order valence-corrected chi connectivity index (χ4v) is 4.71. The number of hydrogen-bond acceptors (Lipinski definition) is 8. The van der Waals surface area contributed by atoms with Crippen LogP contribution in [0, 0.1) is 6.92 Å². The quantitative estimate of drug-likeness (QED) is 0.353. The second kappa shape index (κ2) is 10.4. The van der Waals surface area contributed by atoms with Crippen molar-refractivity contribution in [3.8, 4) is 11.3 Å². The third-order valence-electron chi connectivity index (χ3n) is 6.06. The molecule has 0 saturated carbocycles. The number of aromatic nitrogens is 5. The molecule has 0 atom stereocenters. The van der Waals surface area contributed by atoms with Crippen molar-refractivity contribution in [1.82, 2.24) is 30.0 Å². The van der Waals surface area contributed by atoms with Gasteiger partial charge < -0.3 is 15.1 Å². The van der Waals surface area contributed by atoms with Crippen LogP contribution >= 0.6 is 11.8 Å². The molecular formula is C25H25F3N8S. The lowest BCUT2D eigenvalue weighted by Crippen LogP contribution is -2.45. The highest BCUT2D eigenvalue weighted by molar-refractivity contribution is 7.99. The van der Waals surface area contributed by atoms with E-state index >= 15 is 0 Å². The Balaban J connectivity index is 1.45. The maximum atomic E-state index is 13.2. The summed E-state index contributed by atoms with van der Waals surface area (Å²) in [6.45, 7) is 5.15. The van der Waals surface area contributed by atoms with Crippen molar-refractivity contribution in [3.63, 3.8) is 0 Å². The van der Waals surface area contributed by atoms with Gasteiger partial charge in [-0.3, -0.25) is 5.10 Å². The second-order valence-electron chi connectivity index (χ2n) is 8.72. The molecule has 2 N–H and O–H groups in total. The maximum Gasteiger partial charge on any atom is 0.416 e. The Morgan fingerprint density at radius 2 is 1.70 bits per heavy atom. The molecule has 3 heterocycles. The summed E-state index contributed by atoms with van der Waals surface area (Å²) >= 11 is 1.43. The van der Waals surface area contributed by atoms with Crippen LogP contribution in [-0.4, -0.2) is 63.3 Å². The first-order chi connectivity index (χ1) is 17.8. The van der Waals surface area contributed by atoms with Gasteiger partial charge in [-0.2, -0.15) is 33.2 Å². The van der Waals surface area contributed by atoms with Gasteiger partial charge in [-0.05, 0) is 50.0 Å². The zero-order valence-electron chi connectivity index (χ0n) is 20.3. The number of aromatic amines is 1. The monoisotopic (exact) mass is 526 g/mol. The second-order valence-corrected chi connectivity index (χ2v) is 9.76. The van der Waals surface area contributed by atoms with E-state index in [4.69, 9.17) is 4.98 Å². The minimum Gasteiger partial charge on any atom is -0.338 e. The molecule has 8 nitrogen and oxygen atoms in total. The number of hydrogen-bond donors (Lipinski definition) is 2. The van der Waals surface area contributed by atoms with Gasteiger partial charge in [0.05, 0.1) is 11.3 Å². The van der Waals surface area contributed by atoms with Crippen molar-refractivity contribution < 1.29 is 13.2 Å². The molecule has 4 aromatic rings. The van der Waals surface area contributed by atoms with Crippen molar-refractivity contribution in [3.05, 3.63) is 65.7 Å². The summed E-state index contributed by atoms with van der Waals surface area (Å²) in [5, 5.41) is 10.8. The zero-order valence-corrected chi connectivity index (χ0v) is 21.1. The maximum absolute atomic E-state index is 13.2. The molecule has 192 valence electrons. The Kier molecular flexibility index (Phi) is 7.02. The molecule has 0 amide bonds. The highest BCUT2D eigenvalue weighted by Gasteiger charge is 2.31. The topological polar surface area (TPSA) is 85.9 Å². The summed E-state index contributed by atoms with van der Waals surface area (Å²) in [5.41, 5.74) is 0.811. The molecule has 1 fully saturated rings. The van der Waals surface area contributed by atoms with Crippen LogP contribution < -0.4 is 10.2 Å². The predicted molar refractivity (Wildman–Crippen MR) is 137 cm³/mol. The highest BCUT2D eigenvalue weighted by Crippen LogP contribution is 2.34. The molecule has 1 aliphatic rings. The Hall–Kier alpha value is -3.64. The summed E-state index contributed by atoms with van der Waals surface area (Å²) in [6.07, 6.45) is -4.43. The van der Waals surface area contributed by atoms with Crippen molar-refractivity contribution in [2.45, 2.75) is 23.2 Å². The van der Waals surface area contributed by atoms with Crippen LogP contribution in [0.4, 0.5) is 30.9 Å². The molecule has 5 rings (SSSR count). The Morgan fingerprint density at radius 3 is 2.43 bits per heavy atom. The molecule has 0 aliphatic carbocycles. The third kappa shape index (κ3) is 5.86. The summed E-state index contributed by atoms with van der Waals surface area (Å²) < 4.78 is 39.6. The molecule has 0 radical (unpaired) electrons. The van der Waals surface area contributed by atoms with E-state index in [0.717, 1.165) is 43.2 Å². The van der Waals surface area contributed by atoms with E-state index in [0.29, 0.717) is 39.7 Å². The SMILES string of the molecule is Cc1c(Nc2nc(Sc3ccccc3)nc(N3CCN(C)CC3)n2)n[nH]c1-c1cccc(C(F)(F)F)c1. The number of benzene rings is 2. The van der Waals surface area contributed by atoms with Crippen LogP contribution in [0.1, 0.15) is 11.1 Å². The molecule has 0 bridgehead atoms. The predicted octanol–water partition coefficient (Wildman–Crippen LogP) is 5.24. The van der Waals surface area contributed by atoms with E-state index in [1.54, 1.807) is 13.0 Å². The molecular weight excluding hydrogens is 501 g/mol. The first-order valence-electron chi connectivity index (χ1n) is 11.7. The van der Waals surface area contributed by atoms with Gasteiger partial charge in [0.15, 0.2) is 11.0 Å². The molecule has 37 heavy (non-hydrogen) atoms. The van der Waals surface area contributed by atoms with E-state index < -0.39 is 11.7 Å². The number of nitrogens with one attached hydrogen (secondary N) is 2. The van der Waals surface area contributed by atoms with Gasteiger partial charge in [-0.1, -0.05) is 30.3 Å². The van der Waals surface area contributed by atoms with Gasteiger partial charge in [0.1, 0.15) is 0 Å². The Morgan fingerprint density at radius 1 is 0.946 bits per heavy atom. The van der Waals surface area contributed by atoms with Crippen LogP contribution in [0.15, 0.2) is 64.6 Å². The van der Waals surface area contributed by atoms with Gasteiger partial charge in [0.25, 0.3) is 0 Å². The minimum absolute atomic E-state index is 0.313. The fraction of sp³-hybridized carbons (Fsp3) is 0.280. The average Bonchev–Trinajstić information content (AvgIpc) is 3.24. The standard InChI is InChI=1S/C25H25F3N8S/c1-16-20(17-7-6-8-18(15-17)25(26,27)28)33-34-21(16)29-22-30-23(36-13-11-35(2)12-14-36)32-24(31-22)37-19-9-4-3-5-10-19/h3-10,15H,11-14H2,1-2H3,(H2,29,30,31,32,33,34). The van der Waals surface area contributed by atoms with Crippen molar-refractivity contribution in [1.29, 1.82) is 0 Å². The van der Waals surface area contributed by atoms with Crippen LogP contribution in [-0.2, 0) is 6.18 Å². The average molecular weight is 527 g/mol. The molecule has 2 aromatic heterocycles. The summed E-state index contributed by atoms with van der Waals surface area (Å²) in [6, 6.07) is 15.0. The number of likely N-dealkylation sites (N-methyl/N-ethyl adjacent to an activating group) is 1. The summed E-state index contributed by atoms with van der Waals surface area (Å²) in [4.78, 5) is 19.3. The molecule has 12 heteroatoms. The number of alkyl halides is 3. The van der Waals surface area contributed by atoms with Crippen LogP contribution in [0.2, 0.25) is 0 Å². The van der Waals surface area contributed by atoms with Gasteiger partial charge in [0.2, 0.25) is 11.9 Å². The number of nitrogens with zero attached hydrogens (tertiary/aromatic N) is 6. The molecule has 1 saturated heterocycles. The van der Waals surface area contributed by atoms with Crippen LogP contribution in [0.25, 0.3) is 11.3 Å². The number of halogens is 3. The van der Waals surface area contributed by atoms with Crippen LogP contribution in [0.3, 0.4) is 0 Å². The Bertz CT molecular complexity index is 1370. The lowest BCUT2D eigenvalue weighted by atomic mass is 10.1. The van der Waals surface area contributed by atoms with E-state index in [1.165, 1.54) is 17.8 Å². The van der Waals surface area contributed by atoms with E-state index in [1.807, 2.05) is 30.3 Å². The highest BCUT2D eigenvalue weighted by atomic mass is 32.2. The van der Waals surface area contributed by atoms with Gasteiger partial charge >= 0.3 is 6.18 Å². The zero-order chi connectivity index (χ0) is 26.0. The van der Waals surface area contributed by atoms with Crippen molar-refractivity contribution in [2.75, 3.05) is 43.4 Å². The van der Waals surface area contributed by atoms with Gasteiger partial charge in [-0.25, -0.2) is 0 Å². The number of rotatable bonds is 6. The van der Waals surface area contributed by atoms with Gasteiger partial charge in [-0.15, -0.1) is 0 Å². The minimum atomic E-state index is -4.43. The fourth-order valence-electron chi connectivity index (χ4n) is 3.95. The largest absolute Gasteiger partial charge is 0.416 e. The summed E-state index contributed by atoms with van der Waals surface area (Å²) in [7, 11) is 2.08. The first-order valence-corrected chi connectivity index (χ1v) is 12.5. The lowest BCUT2D eigenvalue weighted by Gasteiger charge is -2.32. The number of anilines is 3. The first kappa shape index (κ1) is 25.0. The molecule has 0 unspecified atom stereocenters. The van der Waals surface area contributed by atoms with Crippen molar-refractivity contribution in [2.24, 2.45) is 0 Å². The number of H-pyrrole nitrogens is 1. The normalized spacial score (nSPS) is 14.7. The molecule has 1 aliphatic heterocycles. The van der Waals surface area contributed by atoms with Crippen molar-refractivity contribution >= 4 is 29.5 Å². The Labute approximate surface area is 216 Å². The summed E-state index contributed by atoms with van der Waals surface area (Å²) in [5.74, 6) is 1.31. The smallest absolute Gasteiger partial charge is 0.338 e. The van der Waals surface area contributed by atoms with E-state index in [9.17, 15) is 13.2 Å². The van der Waals surface area contributed by atoms with E-state index in [-0.39, 0.29) is 0 Å². The molecule has 0 spiro atoms. The lowest BCUT2D eigenvalue weighted by molar-refractivity contribution is -0.137. The van der Waals surface area contributed by atoms with Crippen LogP contribution in [0.5, 0.6) is 0 Å². The van der Waals surface area contributed by atoms with Gasteiger partial charge in [0, 0.05) is 42.2 Å². The third-order valence-corrected chi connectivity index (χ3v) is 6.93.